The molecule has 1 aromatic carbocycles. The number of nitrogens with one attached hydrogen (secondary N) is 1. The third-order valence-electron chi connectivity index (χ3n) is 2.15. The molecular weight excluding hydrogens is 293 g/mol. The van der Waals surface area contributed by atoms with Crippen molar-refractivity contribution in [3.05, 3.63) is 45.1 Å². The van der Waals surface area contributed by atoms with Crippen molar-refractivity contribution in [1.29, 1.82) is 0 Å². The zero-order valence-electron chi connectivity index (χ0n) is 9.52. The number of thiazole rings is 1. The second-order valence-corrected chi connectivity index (χ2v) is 4.75. The molecule has 0 spiro atoms. The first-order chi connectivity index (χ1) is 9.10. The van der Waals surface area contributed by atoms with Crippen molar-refractivity contribution in [1.82, 2.24) is 10.4 Å². The minimum atomic E-state index is -0.510. The molecule has 0 aliphatic heterocycles. The van der Waals surface area contributed by atoms with Gasteiger partial charge in [-0.05, 0) is 12.1 Å². The summed E-state index contributed by atoms with van der Waals surface area (Å²) in [6.45, 7) is 0.149. The highest BCUT2D eigenvalue weighted by Gasteiger charge is 2.10. The van der Waals surface area contributed by atoms with E-state index in [1.54, 1.807) is 5.38 Å². The molecule has 2 aromatic rings. The summed E-state index contributed by atoms with van der Waals surface area (Å²) in [6.07, 6.45) is 0. The Bertz CT molecular complexity index is 605. The second-order valence-electron chi connectivity index (χ2n) is 3.48. The molecule has 1 heterocycles. The zero-order chi connectivity index (χ0) is 13.8. The highest BCUT2D eigenvalue weighted by Crippen LogP contribution is 2.22. The molecule has 0 aliphatic carbocycles. The molecule has 19 heavy (non-hydrogen) atoms. The first kappa shape index (κ1) is 13.7. The first-order valence-electron chi connectivity index (χ1n) is 5.13. The van der Waals surface area contributed by atoms with Gasteiger partial charge in [0.15, 0.2) is 5.01 Å². The number of nitrogens with two attached hydrogens (primary N) is 1. The molecule has 100 valence electrons. The Morgan fingerprint density at radius 1 is 1.58 bits per heavy atom. The van der Waals surface area contributed by atoms with Crippen LogP contribution < -0.4 is 16.0 Å². The van der Waals surface area contributed by atoms with Gasteiger partial charge in [-0.1, -0.05) is 11.6 Å². The fourth-order valence-electron chi connectivity index (χ4n) is 1.26. The number of hydrogen-bond donors (Lipinski definition) is 2. The number of benzene rings is 1. The molecule has 1 amide bonds. The molecule has 0 bridgehead atoms. The Kier molecular flexibility index (Phi) is 4.31. The molecule has 0 unspecified atom stereocenters. The van der Waals surface area contributed by atoms with E-state index < -0.39 is 11.7 Å². The molecule has 0 atom stereocenters. The van der Waals surface area contributed by atoms with E-state index in [-0.39, 0.29) is 16.6 Å². The van der Waals surface area contributed by atoms with E-state index in [0.29, 0.717) is 11.4 Å². The summed E-state index contributed by atoms with van der Waals surface area (Å²) < 4.78 is 18.3. The van der Waals surface area contributed by atoms with Crippen molar-refractivity contribution in [3.8, 4) is 5.75 Å². The molecule has 2 rings (SSSR count). The van der Waals surface area contributed by atoms with Gasteiger partial charge in [-0.25, -0.2) is 15.2 Å². The standard InChI is InChI=1S/C11H9ClFN3O2S/c12-8-3-7(1-2-9(8)13)18-4-6-5-19-11(15-6)10(17)16-14/h1-3,5H,4,14H2,(H,16,17). The number of ether oxygens (including phenoxy) is 1. The van der Waals surface area contributed by atoms with Gasteiger partial charge in [0, 0.05) is 11.4 Å². The Labute approximate surface area is 117 Å². The van der Waals surface area contributed by atoms with Crippen molar-refractivity contribution in [2.24, 2.45) is 5.84 Å². The van der Waals surface area contributed by atoms with Crippen LogP contribution >= 0.6 is 22.9 Å². The number of hydrazine groups is 1. The Morgan fingerprint density at radius 2 is 2.37 bits per heavy atom. The number of halogens is 2. The van der Waals surface area contributed by atoms with Crippen molar-refractivity contribution in [2.45, 2.75) is 6.61 Å². The van der Waals surface area contributed by atoms with Gasteiger partial charge in [0.05, 0.1) is 10.7 Å². The molecule has 8 heteroatoms. The minimum Gasteiger partial charge on any atom is -0.487 e. The average molecular weight is 302 g/mol. The number of aromatic nitrogens is 1. The average Bonchev–Trinajstić information content (AvgIpc) is 2.88. The molecule has 0 fully saturated rings. The quantitative estimate of drug-likeness (QED) is 0.515. The smallest absolute Gasteiger partial charge is 0.294 e. The normalized spacial score (nSPS) is 10.3. The first-order valence-corrected chi connectivity index (χ1v) is 6.39. The van der Waals surface area contributed by atoms with Gasteiger partial charge in [0.25, 0.3) is 5.91 Å². The van der Waals surface area contributed by atoms with Crippen molar-refractivity contribution >= 4 is 28.8 Å². The van der Waals surface area contributed by atoms with Crippen LogP contribution in [0.15, 0.2) is 23.6 Å². The fourth-order valence-corrected chi connectivity index (χ4v) is 2.14. The van der Waals surface area contributed by atoms with Gasteiger partial charge in [-0.2, -0.15) is 0 Å². The van der Waals surface area contributed by atoms with Gasteiger partial charge >= 0.3 is 0 Å². The summed E-state index contributed by atoms with van der Waals surface area (Å²) in [4.78, 5) is 15.2. The maximum absolute atomic E-state index is 12.9. The SMILES string of the molecule is NNC(=O)c1nc(COc2ccc(F)c(Cl)c2)cs1. The van der Waals surface area contributed by atoms with E-state index in [1.165, 1.54) is 18.2 Å². The molecule has 0 radical (unpaired) electrons. The lowest BCUT2D eigenvalue weighted by molar-refractivity contribution is 0.0953. The predicted molar refractivity (Wildman–Crippen MR) is 69.5 cm³/mol. The van der Waals surface area contributed by atoms with Gasteiger partial charge in [-0.3, -0.25) is 10.2 Å². The van der Waals surface area contributed by atoms with E-state index >= 15 is 0 Å². The molecular formula is C11H9ClFN3O2S. The number of carbonyl (C=O) groups excluding carboxylic acids is 1. The fraction of sp³-hybridized carbons (Fsp3) is 0.0909. The van der Waals surface area contributed by atoms with Crippen molar-refractivity contribution in [3.63, 3.8) is 0 Å². The maximum atomic E-state index is 12.9. The molecule has 3 N–H and O–H groups in total. The lowest BCUT2D eigenvalue weighted by atomic mass is 10.3. The van der Waals surface area contributed by atoms with E-state index in [0.717, 1.165) is 11.3 Å². The lowest BCUT2D eigenvalue weighted by Crippen LogP contribution is -2.29. The molecule has 1 aromatic heterocycles. The number of nitrogen functional groups attached to an aromatic ring is 1. The highest BCUT2D eigenvalue weighted by molar-refractivity contribution is 7.11. The number of carbonyl (C=O) groups is 1. The Morgan fingerprint density at radius 3 is 3.05 bits per heavy atom. The number of nitrogens with zero attached hydrogens (tertiary/aromatic N) is 1. The van der Waals surface area contributed by atoms with Crippen molar-refractivity contribution < 1.29 is 13.9 Å². The molecule has 0 aliphatic rings. The number of amides is 1. The Hall–Kier alpha value is -1.70. The van der Waals surface area contributed by atoms with Crippen LogP contribution in [0.4, 0.5) is 4.39 Å². The van der Waals surface area contributed by atoms with Gasteiger partial charge in [0.2, 0.25) is 0 Å². The van der Waals surface area contributed by atoms with Crippen LogP contribution in [0.3, 0.4) is 0 Å². The number of rotatable bonds is 4. The van der Waals surface area contributed by atoms with E-state index in [1.807, 2.05) is 5.43 Å². The van der Waals surface area contributed by atoms with E-state index in [9.17, 15) is 9.18 Å². The van der Waals surface area contributed by atoms with Crippen LogP contribution in [0.1, 0.15) is 15.5 Å². The van der Waals surface area contributed by atoms with Crippen LogP contribution in [0.2, 0.25) is 5.02 Å². The largest absolute Gasteiger partial charge is 0.487 e. The summed E-state index contributed by atoms with van der Waals surface area (Å²) in [7, 11) is 0. The second kappa shape index (κ2) is 5.96. The zero-order valence-corrected chi connectivity index (χ0v) is 11.1. The van der Waals surface area contributed by atoms with Gasteiger partial charge in [-0.15, -0.1) is 11.3 Å². The highest BCUT2D eigenvalue weighted by atomic mass is 35.5. The summed E-state index contributed by atoms with van der Waals surface area (Å²) in [5.74, 6) is 4.45. The van der Waals surface area contributed by atoms with Crippen LogP contribution in [0.5, 0.6) is 5.75 Å². The van der Waals surface area contributed by atoms with Crippen LogP contribution in [-0.4, -0.2) is 10.9 Å². The van der Waals surface area contributed by atoms with Gasteiger partial charge < -0.3 is 4.74 Å². The monoisotopic (exact) mass is 301 g/mol. The predicted octanol–water partition coefficient (Wildman–Crippen LogP) is 2.12. The summed E-state index contributed by atoms with van der Waals surface area (Å²) in [6, 6.07) is 4.05. The van der Waals surface area contributed by atoms with Gasteiger partial charge in [0.1, 0.15) is 18.2 Å². The Balaban J connectivity index is 2.00. The minimum absolute atomic E-state index is 0.0148. The third kappa shape index (κ3) is 3.40. The molecule has 5 nitrogen and oxygen atoms in total. The lowest BCUT2D eigenvalue weighted by Gasteiger charge is -2.04. The summed E-state index contributed by atoms with van der Waals surface area (Å²) >= 11 is 6.78. The maximum Gasteiger partial charge on any atom is 0.294 e. The summed E-state index contributed by atoms with van der Waals surface area (Å²) in [5.41, 5.74) is 2.56. The number of hydrogen-bond acceptors (Lipinski definition) is 5. The molecule has 0 saturated carbocycles. The van der Waals surface area contributed by atoms with Crippen molar-refractivity contribution in [2.75, 3.05) is 0 Å². The van der Waals surface area contributed by atoms with E-state index in [2.05, 4.69) is 4.98 Å². The summed E-state index contributed by atoms with van der Waals surface area (Å²) in [5, 5.41) is 1.91. The third-order valence-corrected chi connectivity index (χ3v) is 3.33. The van der Waals surface area contributed by atoms with Crippen LogP contribution in [-0.2, 0) is 6.61 Å². The van der Waals surface area contributed by atoms with E-state index in [4.69, 9.17) is 22.2 Å². The van der Waals surface area contributed by atoms with Crippen LogP contribution in [0, 0.1) is 5.82 Å². The molecule has 0 saturated heterocycles. The van der Waals surface area contributed by atoms with Crippen LogP contribution in [0.25, 0.3) is 0 Å². The topological polar surface area (TPSA) is 77.2 Å².